The maximum atomic E-state index is 12.4. The van der Waals surface area contributed by atoms with Crippen LogP contribution in [0.15, 0.2) is 22.7 Å². The summed E-state index contributed by atoms with van der Waals surface area (Å²) in [7, 11) is 0. The standard InChI is InChI=1S/C7H5BrF.BrH.Mg/c1-5-2-3-7(9)6(8)4-5;;/h2-4H,1H2;1H;/q-1;;+2/p-1. The summed E-state index contributed by atoms with van der Waals surface area (Å²) in [6.07, 6.45) is 0. The number of halogens is 3. The molecule has 0 N–H and O–H groups in total. The zero-order valence-electron chi connectivity index (χ0n) is 5.78. The second kappa shape index (κ2) is 6.28. The minimum absolute atomic E-state index is 0. The number of hydrogen-bond acceptors (Lipinski definition) is 0. The van der Waals surface area contributed by atoms with Gasteiger partial charge >= 0.3 is 23.1 Å². The Morgan fingerprint density at radius 3 is 2.27 bits per heavy atom. The average Bonchev–Trinajstić information content (AvgIpc) is 1.80. The summed E-state index contributed by atoms with van der Waals surface area (Å²) >= 11 is 3.03. The summed E-state index contributed by atoms with van der Waals surface area (Å²) in [4.78, 5) is 0. The molecule has 0 bridgehead atoms. The third kappa shape index (κ3) is 4.35. The molecule has 0 aliphatic rings. The maximum Gasteiger partial charge on any atom is 2.00 e. The molecular weight excluding hydrogens is 287 g/mol. The van der Waals surface area contributed by atoms with Crippen molar-refractivity contribution in [2.75, 3.05) is 0 Å². The van der Waals surface area contributed by atoms with E-state index in [-0.39, 0.29) is 45.9 Å². The van der Waals surface area contributed by atoms with Crippen molar-refractivity contribution in [1.82, 2.24) is 0 Å². The van der Waals surface area contributed by atoms with Crippen molar-refractivity contribution < 1.29 is 21.4 Å². The van der Waals surface area contributed by atoms with Crippen molar-refractivity contribution in [1.29, 1.82) is 0 Å². The van der Waals surface area contributed by atoms with E-state index in [1.165, 1.54) is 6.07 Å². The van der Waals surface area contributed by atoms with Crippen LogP contribution in [-0.4, -0.2) is 23.1 Å². The van der Waals surface area contributed by atoms with Gasteiger partial charge in [-0.3, -0.25) is 0 Å². The molecule has 0 aliphatic carbocycles. The van der Waals surface area contributed by atoms with Crippen molar-refractivity contribution in [3.63, 3.8) is 0 Å². The third-order valence-electron chi connectivity index (χ3n) is 0.984. The Labute approximate surface area is 101 Å². The molecule has 0 nitrogen and oxygen atoms in total. The Balaban J connectivity index is 0. The topological polar surface area (TPSA) is 0 Å². The molecule has 0 saturated carbocycles. The zero-order valence-corrected chi connectivity index (χ0v) is 10.4. The van der Waals surface area contributed by atoms with Gasteiger partial charge in [0.1, 0.15) is 5.82 Å². The van der Waals surface area contributed by atoms with E-state index in [4.69, 9.17) is 0 Å². The second-order valence-corrected chi connectivity index (χ2v) is 2.60. The third-order valence-corrected chi connectivity index (χ3v) is 1.59. The van der Waals surface area contributed by atoms with Crippen molar-refractivity contribution in [2.24, 2.45) is 0 Å². The Morgan fingerprint density at radius 1 is 1.36 bits per heavy atom. The van der Waals surface area contributed by atoms with Crippen LogP contribution in [0.4, 0.5) is 4.39 Å². The van der Waals surface area contributed by atoms with Crippen LogP contribution >= 0.6 is 15.9 Å². The van der Waals surface area contributed by atoms with Gasteiger partial charge in [-0.2, -0.15) is 18.6 Å². The van der Waals surface area contributed by atoms with Gasteiger partial charge < -0.3 is 17.0 Å². The monoisotopic (exact) mass is 290 g/mol. The summed E-state index contributed by atoms with van der Waals surface area (Å²) in [5.41, 5.74) is 0.809. The quantitative estimate of drug-likeness (QED) is 0.442. The Bertz CT molecular complexity index is 228. The molecule has 56 valence electrons. The van der Waals surface area contributed by atoms with Gasteiger partial charge in [0.2, 0.25) is 0 Å². The van der Waals surface area contributed by atoms with E-state index in [1.54, 1.807) is 12.1 Å². The van der Waals surface area contributed by atoms with Crippen molar-refractivity contribution in [3.8, 4) is 0 Å². The first kappa shape index (κ1) is 14.3. The molecular formula is C7H5Br2FMg. The minimum Gasteiger partial charge on any atom is -1.00 e. The Hall–Kier alpha value is 0.746. The first-order chi connectivity index (χ1) is 4.20. The SMILES string of the molecule is [Br-].[CH2-]c1ccc(F)c(Br)c1.[Mg+2]. The van der Waals surface area contributed by atoms with Gasteiger partial charge in [0.15, 0.2) is 0 Å². The normalized spacial score (nSPS) is 7.82. The van der Waals surface area contributed by atoms with Crippen LogP contribution in [0.2, 0.25) is 0 Å². The molecule has 0 unspecified atom stereocenters. The predicted molar refractivity (Wildman–Crippen MR) is 44.3 cm³/mol. The molecule has 0 aliphatic heterocycles. The summed E-state index contributed by atoms with van der Waals surface area (Å²) < 4.78 is 12.9. The van der Waals surface area contributed by atoms with Gasteiger partial charge in [-0.15, -0.1) is 6.07 Å². The smallest absolute Gasteiger partial charge is 1.00 e. The van der Waals surface area contributed by atoms with Gasteiger partial charge in [0.05, 0.1) is 0 Å². The fourth-order valence-corrected chi connectivity index (χ4v) is 0.966. The summed E-state index contributed by atoms with van der Waals surface area (Å²) in [6, 6.07) is 4.64. The number of hydrogen-bond donors (Lipinski definition) is 0. The van der Waals surface area contributed by atoms with E-state index in [2.05, 4.69) is 22.9 Å². The molecule has 0 radical (unpaired) electrons. The molecule has 0 aromatic heterocycles. The van der Waals surface area contributed by atoms with Gasteiger partial charge in [-0.1, -0.05) is 22.0 Å². The first-order valence-electron chi connectivity index (χ1n) is 2.47. The molecule has 0 fully saturated rings. The predicted octanol–water partition coefficient (Wildman–Crippen LogP) is -0.606. The molecule has 0 spiro atoms. The van der Waals surface area contributed by atoms with E-state index in [0.29, 0.717) is 4.47 Å². The van der Waals surface area contributed by atoms with Gasteiger partial charge in [0, 0.05) is 0 Å². The zero-order chi connectivity index (χ0) is 6.85. The second-order valence-electron chi connectivity index (χ2n) is 1.75. The molecule has 1 rings (SSSR count). The van der Waals surface area contributed by atoms with E-state index < -0.39 is 0 Å². The van der Waals surface area contributed by atoms with Gasteiger partial charge in [-0.05, 0) is 4.47 Å². The summed E-state index contributed by atoms with van der Waals surface area (Å²) in [5, 5.41) is 0. The van der Waals surface area contributed by atoms with Crippen LogP contribution in [0.3, 0.4) is 0 Å². The van der Waals surface area contributed by atoms with E-state index in [9.17, 15) is 4.39 Å². The van der Waals surface area contributed by atoms with Crippen LogP contribution in [0.5, 0.6) is 0 Å². The first-order valence-corrected chi connectivity index (χ1v) is 3.26. The summed E-state index contributed by atoms with van der Waals surface area (Å²) in [6.45, 7) is 3.63. The fraction of sp³-hybridized carbons (Fsp3) is 0. The Morgan fingerprint density at radius 2 is 1.91 bits per heavy atom. The Kier molecular flexibility index (Phi) is 8.16. The molecule has 4 heteroatoms. The molecule has 0 atom stereocenters. The van der Waals surface area contributed by atoms with E-state index >= 15 is 0 Å². The number of benzene rings is 1. The average molecular weight is 292 g/mol. The van der Waals surface area contributed by atoms with E-state index in [1.807, 2.05) is 0 Å². The fourth-order valence-electron chi connectivity index (χ4n) is 0.540. The molecule has 0 heterocycles. The minimum atomic E-state index is -0.248. The van der Waals surface area contributed by atoms with Crippen LogP contribution in [0, 0.1) is 12.7 Å². The molecule has 0 amide bonds. The molecule has 1 aromatic carbocycles. The van der Waals surface area contributed by atoms with Gasteiger partial charge in [-0.25, -0.2) is 4.39 Å². The van der Waals surface area contributed by atoms with Crippen LogP contribution in [0.25, 0.3) is 0 Å². The molecule has 1 aromatic rings. The van der Waals surface area contributed by atoms with Crippen LogP contribution in [-0.2, 0) is 0 Å². The maximum absolute atomic E-state index is 12.4. The van der Waals surface area contributed by atoms with Gasteiger partial charge in [0.25, 0.3) is 0 Å². The molecule has 0 saturated heterocycles. The van der Waals surface area contributed by atoms with Crippen molar-refractivity contribution in [3.05, 3.63) is 41.0 Å². The van der Waals surface area contributed by atoms with Crippen molar-refractivity contribution in [2.45, 2.75) is 0 Å². The van der Waals surface area contributed by atoms with Crippen molar-refractivity contribution >= 4 is 39.0 Å². The largest absolute Gasteiger partial charge is 2.00 e. The number of rotatable bonds is 0. The summed E-state index contributed by atoms with van der Waals surface area (Å²) in [5.74, 6) is -0.248. The van der Waals surface area contributed by atoms with Crippen LogP contribution < -0.4 is 17.0 Å². The molecule has 11 heavy (non-hydrogen) atoms. The van der Waals surface area contributed by atoms with E-state index in [0.717, 1.165) is 5.56 Å². The van der Waals surface area contributed by atoms with Crippen LogP contribution in [0.1, 0.15) is 5.56 Å².